The molecule has 0 aliphatic heterocycles. The number of nitrogens with one attached hydrogen (secondary N) is 2. The lowest BCUT2D eigenvalue weighted by Gasteiger charge is -2.15. The average molecular weight is 390 g/mol. The quantitative estimate of drug-likeness (QED) is 0.649. The van der Waals surface area contributed by atoms with Gasteiger partial charge in [0.1, 0.15) is 0 Å². The molecule has 3 N–H and O–H groups in total. The van der Waals surface area contributed by atoms with Gasteiger partial charge in [0.25, 0.3) is 0 Å². The van der Waals surface area contributed by atoms with Gasteiger partial charge in [-0.25, -0.2) is 9.59 Å². The Kier molecular flexibility index (Phi) is 6.77. The Morgan fingerprint density at radius 1 is 1.40 bits per heavy atom. The highest BCUT2D eigenvalue weighted by Gasteiger charge is 2.14. The minimum atomic E-state index is -1.06. The van der Waals surface area contributed by atoms with Gasteiger partial charge in [-0.1, -0.05) is 19.8 Å². The monoisotopic (exact) mass is 390 g/mol. The molecule has 6 heteroatoms. The van der Waals surface area contributed by atoms with Crippen molar-refractivity contribution in [3.63, 3.8) is 0 Å². The number of aromatic carboxylic acids is 1. The van der Waals surface area contributed by atoms with Crippen molar-refractivity contribution in [3.8, 4) is 0 Å². The van der Waals surface area contributed by atoms with Crippen LogP contribution in [0.15, 0.2) is 18.2 Å². The summed E-state index contributed by atoms with van der Waals surface area (Å²) in [6, 6.07) is 4.56. The van der Waals surface area contributed by atoms with E-state index in [2.05, 4.69) is 17.6 Å². The summed E-state index contributed by atoms with van der Waals surface area (Å²) in [5.41, 5.74) is 0.395. The third-order valence-corrected chi connectivity index (χ3v) is 3.50. The van der Waals surface area contributed by atoms with Crippen molar-refractivity contribution >= 4 is 40.3 Å². The molecule has 0 bridgehead atoms. The van der Waals surface area contributed by atoms with E-state index in [1.54, 1.807) is 12.1 Å². The number of halogens is 1. The molecule has 20 heavy (non-hydrogen) atoms. The van der Waals surface area contributed by atoms with Gasteiger partial charge in [-0.2, -0.15) is 0 Å². The van der Waals surface area contributed by atoms with Gasteiger partial charge in [0.15, 0.2) is 0 Å². The summed E-state index contributed by atoms with van der Waals surface area (Å²) >= 11 is 2.03. The number of unbranched alkanes of at least 4 members (excludes halogenated alkanes) is 1. The van der Waals surface area contributed by atoms with Crippen LogP contribution < -0.4 is 10.6 Å². The predicted octanol–water partition coefficient (Wildman–Crippen LogP) is 3.69. The number of amides is 2. The highest BCUT2D eigenvalue weighted by molar-refractivity contribution is 14.1. The van der Waals surface area contributed by atoms with Crippen LogP contribution in [-0.4, -0.2) is 23.1 Å². The smallest absolute Gasteiger partial charge is 0.337 e. The number of hydrogen-bond donors (Lipinski definition) is 3. The van der Waals surface area contributed by atoms with Crippen molar-refractivity contribution in [3.05, 3.63) is 27.3 Å². The van der Waals surface area contributed by atoms with E-state index in [4.69, 9.17) is 5.11 Å². The van der Waals surface area contributed by atoms with Crippen molar-refractivity contribution in [2.24, 2.45) is 0 Å². The minimum absolute atomic E-state index is 0.0621. The van der Waals surface area contributed by atoms with E-state index in [0.29, 0.717) is 5.69 Å². The maximum atomic E-state index is 11.8. The SMILES string of the molecule is CCCCC(C)NC(=O)Nc1ccc(I)cc1C(=O)O. The molecule has 0 aliphatic carbocycles. The van der Waals surface area contributed by atoms with Crippen LogP contribution in [0.4, 0.5) is 10.5 Å². The van der Waals surface area contributed by atoms with Crippen molar-refractivity contribution in [1.82, 2.24) is 5.32 Å². The fourth-order valence-corrected chi connectivity index (χ4v) is 2.26. The van der Waals surface area contributed by atoms with E-state index in [0.717, 1.165) is 22.8 Å². The second-order valence-electron chi connectivity index (χ2n) is 4.64. The first-order chi connectivity index (χ1) is 9.43. The molecule has 0 saturated carbocycles. The molecule has 1 rings (SSSR count). The predicted molar refractivity (Wildman–Crippen MR) is 87.3 cm³/mol. The molecule has 2 amide bonds. The van der Waals surface area contributed by atoms with Crippen molar-refractivity contribution in [2.45, 2.75) is 39.2 Å². The zero-order valence-corrected chi connectivity index (χ0v) is 13.7. The third kappa shape index (κ3) is 5.36. The van der Waals surface area contributed by atoms with Gasteiger partial charge in [0.2, 0.25) is 0 Å². The molecule has 5 nitrogen and oxygen atoms in total. The molecular weight excluding hydrogens is 371 g/mol. The molecule has 0 heterocycles. The van der Waals surface area contributed by atoms with Gasteiger partial charge in [0.05, 0.1) is 11.3 Å². The summed E-state index contributed by atoms with van der Waals surface area (Å²) in [6.07, 6.45) is 3.03. The van der Waals surface area contributed by atoms with Gasteiger partial charge in [-0.15, -0.1) is 0 Å². The van der Waals surface area contributed by atoms with E-state index in [9.17, 15) is 9.59 Å². The Labute approximate surface area is 132 Å². The van der Waals surface area contributed by atoms with Crippen molar-refractivity contribution in [2.75, 3.05) is 5.32 Å². The van der Waals surface area contributed by atoms with Crippen LogP contribution >= 0.6 is 22.6 Å². The van der Waals surface area contributed by atoms with E-state index in [1.807, 2.05) is 29.5 Å². The lowest BCUT2D eigenvalue weighted by Crippen LogP contribution is -2.36. The summed E-state index contributed by atoms with van der Waals surface area (Å²) in [4.78, 5) is 23.0. The van der Waals surface area contributed by atoms with Crippen LogP contribution in [0, 0.1) is 3.57 Å². The van der Waals surface area contributed by atoms with Gasteiger partial charge in [-0.3, -0.25) is 0 Å². The first kappa shape index (κ1) is 16.7. The molecule has 0 spiro atoms. The molecular formula is C14H19IN2O3. The molecule has 1 aromatic rings. The number of carboxylic acids is 1. The highest BCUT2D eigenvalue weighted by Crippen LogP contribution is 2.19. The number of benzene rings is 1. The molecule has 0 saturated heterocycles. The maximum absolute atomic E-state index is 11.8. The second kappa shape index (κ2) is 8.08. The van der Waals surface area contributed by atoms with Gasteiger partial charge >= 0.3 is 12.0 Å². The average Bonchev–Trinajstić information content (AvgIpc) is 2.38. The fraction of sp³-hybridized carbons (Fsp3) is 0.429. The molecule has 0 fully saturated rings. The van der Waals surface area contributed by atoms with Gasteiger partial charge in [0, 0.05) is 9.61 Å². The lowest BCUT2D eigenvalue weighted by molar-refractivity contribution is 0.0698. The Balaban J connectivity index is 2.68. The van der Waals surface area contributed by atoms with Crippen molar-refractivity contribution < 1.29 is 14.7 Å². The molecule has 110 valence electrons. The van der Waals surface area contributed by atoms with Crippen LogP contribution in [0.5, 0.6) is 0 Å². The zero-order valence-electron chi connectivity index (χ0n) is 11.6. The molecule has 1 aromatic carbocycles. The number of carboxylic acid groups (broad SMARTS) is 1. The Hall–Kier alpha value is -1.31. The van der Waals surface area contributed by atoms with Crippen LogP contribution in [0.25, 0.3) is 0 Å². The van der Waals surface area contributed by atoms with Gasteiger partial charge in [-0.05, 0) is 54.1 Å². The topological polar surface area (TPSA) is 78.4 Å². The molecule has 0 aliphatic rings. The molecule has 1 unspecified atom stereocenters. The summed E-state index contributed by atoms with van der Waals surface area (Å²) < 4.78 is 0.808. The number of hydrogen-bond acceptors (Lipinski definition) is 2. The third-order valence-electron chi connectivity index (χ3n) is 2.83. The zero-order chi connectivity index (χ0) is 15.1. The Morgan fingerprint density at radius 2 is 2.10 bits per heavy atom. The maximum Gasteiger partial charge on any atom is 0.337 e. The standard InChI is InChI=1S/C14H19IN2O3/c1-3-4-5-9(2)16-14(20)17-12-7-6-10(15)8-11(12)13(18)19/h6-9H,3-5H2,1-2H3,(H,18,19)(H2,16,17,20). The summed E-state index contributed by atoms with van der Waals surface area (Å²) in [5.74, 6) is -1.06. The molecule has 0 aromatic heterocycles. The van der Waals surface area contributed by atoms with Gasteiger partial charge < -0.3 is 15.7 Å². The summed E-state index contributed by atoms with van der Waals surface area (Å²) in [6.45, 7) is 4.03. The molecule has 1 atom stereocenters. The highest BCUT2D eigenvalue weighted by atomic mass is 127. The van der Waals surface area contributed by atoms with Crippen LogP contribution in [0.1, 0.15) is 43.5 Å². The normalized spacial score (nSPS) is 11.8. The van der Waals surface area contributed by atoms with E-state index in [-0.39, 0.29) is 17.6 Å². The fourth-order valence-electron chi connectivity index (χ4n) is 1.77. The summed E-state index contributed by atoms with van der Waals surface area (Å²) in [5, 5.41) is 14.5. The lowest BCUT2D eigenvalue weighted by atomic mass is 10.1. The number of carbonyl (C=O) groups excluding carboxylic acids is 1. The molecule has 0 radical (unpaired) electrons. The number of anilines is 1. The Morgan fingerprint density at radius 3 is 2.70 bits per heavy atom. The van der Waals surface area contributed by atoms with E-state index >= 15 is 0 Å². The minimum Gasteiger partial charge on any atom is -0.478 e. The van der Waals surface area contributed by atoms with E-state index in [1.165, 1.54) is 6.07 Å². The largest absolute Gasteiger partial charge is 0.478 e. The van der Waals surface area contributed by atoms with Crippen molar-refractivity contribution in [1.29, 1.82) is 0 Å². The Bertz CT molecular complexity index is 491. The van der Waals surface area contributed by atoms with E-state index < -0.39 is 5.97 Å². The first-order valence-corrected chi connectivity index (χ1v) is 7.62. The van der Waals surface area contributed by atoms with Crippen LogP contribution in [0.3, 0.4) is 0 Å². The number of urea groups is 1. The van der Waals surface area contributed by atoms with Crippen LogP contribution in [0.2, 0.25) is 0 Å². The number of carbonyl (C=O) groups is 2. The summed E-state index contributed by atoms with van der Waals surface area (Å²) in [7, 11) is 0. The second-order valence-corrected chi connectivity index (χ2v) is 5.88. The number of rotatable bonds is 6. The first-order valence-electron chi connectivity index (χ1n) is 6.54. The van der Waals surface area contributed by atoms with Crippen LogP contribution in [-0.2, 0) is 0 Å².